The van der Waals surface area contributed by atoms with Gasteiger partial charge in [0, 0.05) is 6.07 Å². The third kappa shape index (κ3) is 3.63. The lowest BCUT2D eigenvalue weighted by Crippen LogP contribution is -2.23. The molecule has 3 heteroatoms. The molecular formula is C14H22O3. The molecule has 0 aliphatic heterocycles. The minimum atomic E-state index is -0.865. The smallest absolute Gasteiger partial charge is 0.122 e. The van der Waals surface area contributed by atoms with Crippen LogP contribution in [-0.4, -0.2) is 19.3 Å². The third-order valence-corrected chi connectivity index (χ3v) is 2.78. The van der Waals surface area contributed by atoms with Gasteiger partial charge in [0.1, 0.15) is 11.5 Å². The van der Waals surface area contributed by atoms with Gasteiger partial charge in [-0.2, -0.15) is 0 Å². The summed E-state index contributed by atoms with van der Waals surface area (Å²) in [5, 5.41) is 10.5. The van der Waals surface area contributed by atoms with Gasteiger partial charge in [-0.3, -0.25) is 0 Å². The summed E-state index contributed by atoms with van der Waals surface area (Å²) < 4.78 is 10.4. The Morgan fingerprint density at radius 2 is 1.59 bits per heavy atom. The number of aliphatic hydroxyl groups is 1. The molecule has 1 aromatic carbocycles. The van der Waals surface area contributed by atoms with E-state index in [0.717, 1.165) is 5.56 Å². The van der Waals surface area contributed by atoms with Gasteiger partial charge >= 0.3 is 0 Å². The average Bonchev–Trinajstić information content (AvgIpc) is 2.26. The van der Waals surface area contributed by atoms with Crippen LogP contribution in [0.3, 0.4) is 0 Å². The van der Waals surface area contributed by atoms with Gasteiger partial charge in [0.05, 0.1) is 19.8 Å². The van der Waals surface area contributed by atoms with Crippen molar-refractivity contribution in [1.82, 2.24) is 0 Å². The van der Waals surface area contributed by atoms with Crippen molar-refractivity contribution in [2.75, 3.05) is 14.2 Å². The van der Waals surface area contributed by atoms with E-state index in [1.165, 1.54) is 0 Å². The molecule has 0 aliphatic carbocycles. The molecular weight excluding hydrogens is 216 g/mol. The van der Waals surface area contributed by atoms with E-state index < -0.39 is 5.60 Å². The molecule has 1 rings (SSSR count). The summed E-state index contributed by atoms with van der Waals surface area (Å²) >= 11 is 0. The predicted molar refractivity (Wildman–Crippen MR) is 68.6 cm³/mol. The maximum Gasteiger partial charge on any atom is 0.122 e. The fraction of sp³-hybridized carbons (Fsp3) is 0.571. The first-order chi connectivity index (χ1) is 7.89. The van der Waals surface area contributed by atoms with Crippen molar-refractivity contribution in [3.63, 3.8) is 0 Å². The van der Waals surface area contributed by atoms with E-state index in [4.69, 9.17) is 9.47 Å². The van der Waals surface area contributed by atoms with E-state index >= 15 is 0 Å². The fourth-order valence-electron chi connectivity index (χ4n) is 2.03. The van der Waals surface area contributed by atoms with Gasteiger partial charge in [0.15, 0.2) is 0 Å². The summed E-state index contributed by atoms with van der Waals surface area (Å²) in [7, 11) is 3.21. The number of hydrogen-bond donors (Lipinski definition) is 1. The Kier molecular flexibility index (Phi) is 4.40. The lowest BCUT2D eigenvalue weighted by molar-refractivity contribution is 0.0344. The normalized spacial score (nSPS) is 14.5. The zero-order chi connectivity index (χ0) is 13.1. The van der Waals surface area contributed by atoms with Gasteiger partial charge in [0.25, 0.3) is 0 Å². The zero-order valence-corrected chi connectivity index (χ0v) is 11.3. The average molecular weight is 238 g/mol. The van der Waals surface area contributed by atoms with Gasteiger partial charge in [-0.15, -0.1) is 0 Å². The molecule has 0 radical (unpaired) electrons. The number of methoxy groups -OCH3 is 2. The minimum absolute atomic E-state index is 0.419. The highest BCUT2D eigenvalue weighted by Crippen LogP contribution is 2.33. The molecule has 1 unspecified atom stereocenters. The lowest BCUT2D eigenvalue weighted by Gasteiger charge is -2.26. The highest BCUT2D eigenvalue weighted by atomic mass is 16.5. The number of hydrogen-bond acceptors (Lipinski definition) is 3. The van der Waals surface area contributed by atoms with Gasteiger partial charge in [-0.1, -0.05) is 13.8 Å². The van der Waals surface area contributed by atoms with Crippen LogP contribution in [0.15, 0.2) is 18.2 Å². The zero-order valence-electron chi connectivity index (χ0n) is 11.3. The molecule has 0 saturated carbocycles. The molecule has 0 spiro atoms. The van der Waals surface area contributed by atoms with Crippen LogP contribution >= 0.6 is 0 Å². The minimum Gasteiger partial charge on any atom is -0.497 e. The second kappa shape index (κ2) is 5.41. The second-order valence-corrected chi connectivity index (χ2v) is 4.97. The summed E-state index contributed by atoms with van der Waals surface area (Å²) in [4.78, 5) is 0. The van der Waals surface area contributed by atoms with Gasteiger partial charge in [-0.25, -0.2) is 0 Å². The lowest BCUT2D eigenvalue weighted by atomic mass is 9.87. The van der Waals surface area contributed by atoms with Crippen molar-refractivity contribution in [2.45, 2.75) is 32.8 Å². The molecule has 0 aliphatic rings. The van der Waals surface area contributed by atoms with Crippen molar-refractivity contribution in [3.05, 3.63) is 23.8 Å². The van der Waals surface area contributed by atoms with Crippen molar-refractivity contribution in [1.29, 1.82) is 0 Å². The van der Waals surface area contributed by atoms with Crippen LogP contribution in [0, 0.1) is 5.92 Å². The third-order valence-electron chi connectivity index (χ3n) is 2.78. The highest BCUT2D eigenvalue weighted by molar-refractivity contribution is 5.40. The summed E-state index contributed by atoms with van der Waals surface area (Å²) in [6.45, 7) is 6.00. The second-order valence-electron chi connectivity index (χ2n) is 4.97. The quantitative estimate of drug-likeness (QED) is 0.857. The predicted octanol–water partition coefficient (Wildman–Crippen LogP) is 2.96. The molecule has 0 aromatic heterocycles. The topological polar surface area (TPSA) is 38.7 Å². The van der Waals surface area contributed by atoms with Crippen LogP contribution in [0.1, 0.15) is 32.8 Å². The first-order valence-electron chi connectivity index (χ1n) is 5.85. The first-order valence-corrected chi connectivity index (χ1v) is 5.85. The number of benzene rings is 1. The summed E-state index contributed by atoms with van der Waals surface area (Å²) in [5.41, 5.74) is -0.0434. The largest absolute Gasteiger partial charge is 0.497 e. The van der Waals surface area contributed by atoms with Crippen LogP contribution < -0.4 is 9.47 Å². The molecule has 0 saturated heterocycles. The Morgan fingerprint density at radius 3 is 1.94 bits per heavy atom. The Hall–Kier alpha value is -1.22. The SMILES string of the molecule is COc1cc(OC)cc(C(C)(O)CC(C)C)c1. The molecule has 1 aromatic rings. The van der Waals surface area contributed by atoms with Crippen LogP contribution in [0.4, 0.5) is 0 Å². The number of rotatable bonds is 5. The Balaban J connectivity index is 3.11. The van der Waals surface area contributed by atoms with E-state index in [1.54, 1.807) is 20.3 Å². The Labute approximate surface area is 103 Å². The van der Waals surface area contributed by atoms with Crippen LogP contribution in [0.2, 0.25) is 0 Å². The standard InChI is InChI=1S/C14H22O3/c1-10(2)9-14(3,15)11-6-12(16-4)8-13(7-11)17-5/h6-8,10,15H,9H2,1-5H3. The molecule has 0 bridgehead atoms. The summed E-state index contributed by atoms with van der Waals surface area (Å²) in [6.07, 6.45) is 0.698. The number of ether oxygens (including phenoxy) is 2. The van der Waals surface area contributed by atoms with E-state index in [-0.39, 0.29) is 0 Å². The molecule has 3 nitrogen and oxygen atoms in total. The first kappa shape index (κ1) is 13.8. The van der Waals surface area contributed by atoms with Crippen LogP contribution in [-0.2, 0) is 5.60 Å². The van der Waals surface area contributed by atoms with Gasteiger partial charge in [0.2, 0.25) is 0 Å². The fourth-order valence-corrected chi connectivity index (χ4v) is 2.03. The van der Waals surface area contributed by atoms with Gasteiger partial charge in [-0.05, 0) is 37.0 Å². The van der Waals surface area contributed by atoms with E-state index in [2.05, 4.69) is 13.8 Å². The Bertz CT molecular complexity index is 347. The van der Waals surface area contributed by atoms with Crippen molar-refractivity contribution in [2.24, 2.45) is 5.92 Å². The van der Waals surface area contributed by atoms with Crippen LogP contribution in [0.5, 0.6) is 11.5 Å². The maximum atomic E-state index is 10.5. The molecule has 0 heterocycles. The monoisotopic (exact) mass is 238 g/mol. The maximum absolute atomic E-state index is 10.5. The van der Waals surface area contributed by atoms with Crippen molar-refractivity contribution < 1.29 is 14.6 Å². The molecule has 17 heavy (non-hydrogen) atoms. The summed E-state index contributed by atoms with van der Waals surface area (Å²) in [5.74, 6) is 1.81. The summed E-state index contributed by atoms with van der Waals surface area (Å²) in [6, 6.07) is 5.50. The highest BCUT2D eigenvalue weighted by Gasteiger charge is 2.25. The molecule has 0 fully saturated rings. The van der Waals surface area contributed by atoms with Crippen molar-refractivity contribution in [3.8, 4) is 11.5 Å². The van der Waals surface area contributed by atoms with E-state index in [1.807, 2.05) is 19.1 Å². The Morgan fingerprint density at radius 1 is 1.12 bits per heavy atom. The van der Waals surface area contributed by atoms with Crippen molar-refractivity contribution >= 4 is 0 Å². The molecule has 1 atom stereocenters. The molecule has 0 amide bonds. The van der Waals surface area contributed by atoms with E-state index in [0.29, 0.717) is 23.8 Å². The van der Waals surface area contributed by atoms with E-state index in [9.17, 15) is 5.11 Å². The van der Waals surface area contributed by atoms with Gasteiger partial charge < -0.3 is 14.6 Å². The van der Waals surface area contributed by atoms with Crippen LogP contribution in [0.25, 0.3) is 0 Å². The molecule has 1 N–H and O–H groups in total. The molecule has 96 valence electrons.